The Kier molecular flexibility index (Phi) is 3.34. The van der Waals surface area contributed by atoms with E-state index in [1.165, 1.54) is 12.8 Å². The fourth-order valence-electron chi connectivity index (χ4n) is 3.47. The number of hydrogen-bond donors (Lipinski definition) is 1. The number of nitrogens with one attached hydrogen (secondary N) is 1. The fraction of sp³-hybridized carbons (Fsp3) is 0.412. The lowest BCUT2D eigenvalue weighted by molar-refractivity contribution is 0.0631. The summed E-state index contributed by atoms with van der Waals surface area (Å²) >= 11 is 0. The molecule has 3 aromatic rings. The van der Waals surface area contributed by atoms with Gasteiger partial charge in [-0.25, -0.2) is 9.67 Å². The van der Waals surface area contributed by atoms with E-state index in [1.54, 1.807) is 6.07 Å². The lowest BCUT2D eigenvalue weighted by Crippen LogP contribution is -2.41. The molecule has 132 valence electrons. The number of fused-ring (bicyclic) bond motifs is 1. The smallest absolute Gasteiger partial charge is 0.255 e. The minimum absolute atomic E-state index is 0.0554. The van der Waals surface area contributed by atoms with Crippen LogP contribution in [0.2, 0.25) is 0 Å². The predicted octanol–water partition coefficient (Wildman–Crippen LogP) is 1.55. The van der Waals surface area contributed by atoms with Crippen molar-refractivity contribution in [3.05, 3.63) is 41.5 Å². The molecule has 26 heavy (non-hydrogen) atoms. The van der Waals surface area contributed by atoms with E-state index in [1.807, 2.05) is 34.7 Å². The lowest BCUT2D eigenvalue weighted by Gasteiger charge is -2.33. The molecule has 1 fully saturated rings. The second-order valence-corrected chi connectivity index (χ2v) is 6.78. The SMILES string of the molecule is C[C@@H]1c2nc(C3CC3)nn2CCN1C(=O)c1ccccc1-c1nn[nH]n1. The van der Waals surface area contributed by atoms with Crippen LogP contribution in [0, 0.1) is 0 Å². The highest BCUT2D eigenvalue weighted by Gasteiger charge is 2.35. The highest BCUT2D eigenvalue weighted by molar-refractivity contribution is 6.00. The van der Waals surface area contributed by atoms with Crippen molar-refractivity contribution in [1.29, 1.82) is 0 Å². The third-order valence-electron chi connectivity index (χ3n) is 5.06. The van der Waals surface area contributed by atoms with Crippen LogP contribution in [0.3, 0.4) is 0 Å². The quantitative estimate of drug-likeness (QED) is 0.768. The molecule has 9 heteroatoms. The van der Waals surface area contributed by atoms with Gasteiger partial charge in [0, 0.05) is 18.0 Å². The van der Waals surface area contributed by atoms with Gasteiger partial charge in [-0.3, -0.25) is 4.79 Å². The van der Waals surface area contributed by atoms with Crippen molar-refractivity contribution in [3.8, 4) is 11.4 Å². The van der Waals surface area contributed by atoms with Gasteiger partial charge in [-0.1, -0.05) is 18.2 Å². The Morgan fingerprint density at radius 1 is 1.23 bits per heavy atom. The fourth-order valence-corrected chi connectivity index (χ4v) is 3.47. The molecule has 1 atom stereocenters. The average Bonchev–Trinajstić information content (AvgIpc) is 3.19. The Morgan fingerprint density at radius 2 is 2.08 bits per heavy atom. The van der Waals surface area contributed by atoms with Crippen molar-refractivity contribution in [2.24, 2.45) is 0 Å². The topological polar surface area (TPSA) is 105 Å². The van der Waals surface area contributed by atoms with Crippen LogP contribution in [0.4, 0.5) is 0 Å². The Labute approximate surface area is 149 Å². The first-order valence-corrected chi connectivity index (χ1v) is 8.81. The minimum atomic E-state index is -0.130. The number of amides is 1. The molecule has 1 aromatic carbocycles. The monoisotopic (exact) mass is 350 g/mol. The number of tetrazole rings is 1. The molecule has 0 unspecified atom stereocenters. The van der Waals surface area contributed by atoms with Gasteiger partial charge in [0.15, 0.2) is 5.82 Å². The van der Waals surface area contributed by atoms with Gasteiger partial charge in [-0.2, -0.15) is 10.3 Å². The van der Waals surface area contributed by atoms with Crippen LogP contribution in [0.5, 0.6) is 0 Å². The third kappa shape index (κ3) is 2.39. The van der Waals surface area contributed by atoms with Gasteiger partial charge in [-0.15, -0.1) is 10.2 Å². The van der Waals surface area contributed by atoms with E-state index in [2.05, 4.69) is 25.7 Å². The lowest BCUT2D eigenvalue weighted by atomic mass is 10.0. The summed E-state index contributed by atoms with van der Waals surface area (Å²) in [5, 5.41) is 18.7. The van der Waals surface area contributed by atoms with Crippen LogP contribution in [0.25, 0.3) is 11.4 Å². The van der Waals surface area contributed by atoms with Crippen molar-refractivity contribution in [3.63, 3.8) is 0 Å². The Bertz CT molecular complexity index is 959. The van der Waals surface area contributed by atoms with Gasteiger partial charge in [0.05, 0.1) is 18.2 Å². The molecule has 9 nitrogen and oxygen atoms in total. The van der Waals surface area contributed by atoms with Gasteiger partial charge >= 0.3 is 0 Å². The number of carbonyl (C=O) groups is 1. The van der Waals surface area contributed by atoms with E-state index in [-0.39, 0.29) is 11.9 Å². The normalized spacial score (nSPS) is 19.4. The number of nitrogens with zero attached hydrogens (tertiary/aromatic N) is 7. The largest absolute Gasteiger partial charge is 0.327 e. The maximum Gasteiger partial charge on any atom is 0.255 e. The van der Waals surface area contributed by atoms with Gasteiger partial charge in [0.2, 0.25) is 5.82 Å². The van der Waals surface area contributed by atoms with E-state index in [0.717, 1.165) is 11.6 Å². The van der Waals surface area contributed by atoms with Crippen molar-refractivity contribution < 1.29 is 4.79 Å². The first-order valence-electron chi connectivity index (χ1n) is 8.81. The zero-order chi connectivity index (χ0) is 17.7. The second-order valence-electron chi connectivity index (χ2n) is 6.78. The van der Waals surface area contributed by atoms with Crippen LogP contribution < -0.4 is 0 Å². The first-order chi connectivity index (χ1) is 12.7. The van der Waals surface area contributed by atoms with E-state index < -0.39 is 0 Å². The van der Waals surface area contributed by atoms with Crippen LogP contribution in [-0.2, 0) is 6.54 Å². The van der Waals surface area contributed by atoms with Gasteiger partial charge in [-0.05, 0) is 31.0 Å². The van der Waals surface area contributed by atoms with Crippen molar-refractivity contribution in [2.45, 2.75) is 38.3 Å². The van der Waals surface area contributed by atoms with Crippen LogP contribution in [0.1, 0.15) is 53.7 Å². The zero-order valence-corrected chi connectivity index (χ0v) is 14.3. The molecule has 0 saturated heterocycles. The summed E-state index contributed by atoms with van der Waals surface area (Å²) in [7, 11) is 0. The van der Waals surface area contributed by atoms with E-state index in [9.17, 15) is 4.79 Å². The molecule has 1 saturated carbocycles. The Balaban J connectivity index is 1.48. The molecule has 3 heterocycles. The van der Waals surface area contributed by atoms with Crippen LogP contribution in [-0.4, -0.2) is 52.7 Å². The summed E-state index contributed by atoms with van der Waals surface area (Å²) in [5.41, 5.74) is 1.24. The molecular formula is C17H18N8O. The number of H-pyrrole nitrogens is 1. The molecular weight excluding hydrogens is 332 g/mol. The molecule has 1 aliphatic heterocycles. The Hall–Kier alpha value is -3.10. The second kappa shape index (κ2) is 5.72. The number of aromatic nitrogens is 7. The number of carbonyl (C=O) groups excluding carboxylic acids is 1. The minimum Gasteiger partial charge on any atom is -0.327 e. The molecule has 0 bridgehead atoms. The van der Waals surface area contributed by atoms with Gasteiger partial charge in [0.1, 0.15) is 5.82 Å². The maximum atomic E-state index is 13.3. The van der Waals surface area contributed by atoms with E-state index >= 15 is 0 Å². The summed E-state index contributed by atoms with van der Waals surface area (Å²) in [4.78, 5) is 19.8. The number of aromatic amines is 1. The molecule has 0 radical (unpaired) electrons. The van der Waals surface area contributed by atoms with Gasteiger partial charge in [0.25, 0.3) is 5.91 Å². The number of rotatable bonds is 3. The molecule has 0 spiro atoms. The van der Waals surface area contributed by atoms with Gasteiger partial charge < -0.3 is 4.90 Å². The van der Waals surface area contributed by atoms with Crippen molar-refractivity contribution >= 4 is 5.91 Å². The highest BCUT2D eigenvalue weighted by atomic mass is 16.2. The molecule has 1 amide bonds. The van der Waals surface area contributed by atoms with Crippen molar-refractivity contribution in [1.82, 2.24) is 40.3 Å². The third-order valence-corrected chi connectivity index (χ3v) is 5.06. The molecule has 2 aromatic heterocycles. The summed E-state index contributed by atoms with van der Waals surface area (Å²) in [6.45, 7) is 3.27. The summed E-state index contributed by atoms with van der Waals surface area (Å²) in [5.74, 6) is 2.65. The highest BCUT2D eigenvalue weighted by Crippen LogP contribution is 2.39. The molecule has 2 aliphatic rings. The predicted molar refractivity (Wildman–Crippen MR) is 91.1 cm³/mol. The molecule has 5 rings (SSSR count). The summed E-state index contributed by atoms with van der Waals surface area (Å²) < 4.78 is 1.95. The maximum absolute atomic E-state index is 13.3. The van der Waals surface area contributed by atoms with E-state index in [4.69, 9.17) is 4.98 Å². The first kappa shape index (κ1) is 15.2. The summed E-state index contributed by atoms with van der Waals surface area (Å²) in [6.07, 6.45) is 2.33. The molecule has 1 N–H and O–H groups in total. The van der Waals surface area contributed by atoms with Crippen molar-refractivity contribution in [2.75, 3.05) is 6.54 Å². The number of hydrogen-bond acceptors (Lipinski definition) is 6. The molecule has 1 aliphatic carbocycles. The number of benzene rings is 1. The average molecular weight is 350 g/mol. The van der Waals surface area contributed by atoms with Crippen LogP contribution >= 0.6 is 0 Å². The van der Waals surface area contributed by atoms with E-state index in [0.29, 0.717) is 36.0 Å². The Morgan fingerprint density at radius 3 is 2.85 bits per heavy atom. The summed E-state index contributed by atoms with van der Waals surface area (Å²) in [6, 6.07) is 7.21. The zero-order valence-electron chi connectivity index (χ0n) is 14.3. The van der Waals surface area contributed by atoms with Crippen LogP contribution in [0.15, 0.2) is 24.3 Å². The standard InChI is InChI=1S/C17H18N8O/c1-10-16-18-14(11-6-7-11)21-25(16)9-8-24(10)17(26)13-5-3-2-4-12(13)15-19-22-23-20-15/h2-5,10-11H,6-9H2,1H3,(H,19,20,22,23)/t10-/m1/s1.